The van der Waals surface area contributed by atoms with Gasteiger partial charge in [-0.1, -0.05) is 72.0 Å². The van der Waals surface area contributed by atoms with Gasteiger partial charge in [0.25, 0.3) is 0 Å². The molecule has 0 saturated carbocycles. The first-order chi connectivity index (χ1) is 14.1. The maximum Gasteiger partial charge on any atom is 0.230 e. The van der Waals surface area contributed by atoms with Gasteiger partial charge < -0.3 is 5.32 Å². The van der Waals surface area contributed by atoms with Gasteiger partial charge >= 0.3 is 0 Å². The van der Waals surface area contributed by atoms with E-state index in [-0.39, 0.29) is 5.91 Å². The number of pyridine rings is 1. The Morgan fingerprint density at radius 3 is 2.79 bits per heavy atom. The van der Waals surface area contributed by atoms with Crippen LogP contribution in [0.1, 0.15) is 18.1 Å². The number of rotatable bonds is 6. The van der Waals surface area contributed by atoms with Crippen LogP contribution in [-0.2, 0) is 17.6 Å². The number of amides is 1. The summed E-state index contributed by atoms with van der Waals surface area (Å²) in [5.74, 6) is -0.0948. The molecular formula is C21H17ClN4OS2. The van der Waals surface area contributed by atoms with Gasteiger partial charge in [-0.15, -0.1) is 10.2 Å². The Morgan fingerprint density at radius 1 is 1.14 bits per heavy atom. The molecule has 4 aromatic rings. The highest BCUT2D eigenvalue weighted by Gasteiger charge is 2.13. The summed E-state index contributed by atoms with van der Waals surface area (Å²) in [6.45, 7) is 2.09. The standard InChI is InChI=1S/C21H17ClN4OS2/c1-2-13-5-3-4-6-14(13)11-19(27)24-20-25-26-21(29-20)28-18-9-10-23-17-12-15(22)7-8-16(17)18/h3-10,12H,2,11H2,1H3,(H,24,25,27). The molecule has 0 unspecified atom stereocenters. The van der Waals surface area contributed by atoms with Gasteiger partial charge in [0.05, 0.1) is 11.9 Å². The second-order valence-corrected chi connectivity index (χ2v) is 9.00. The lowest BCUT2D eigenvalue weighted by atomic mass is 10.0. The largest absolute Gasteiger partial charge is 0.300 e. The maximum atomic E-state index is 12.4. The first-order valence-corrected chi connectivity index (χ1v) is 11.1. The summed E-state index contributed by atoms with van der Waals surface area (Å²) in [5, 5.41) is 13.3. The third kappa shape index (κ3) is 4.75. The Labute approximate surface area is 181 Å². The summed E-state index contributed by atoms with van der Waals surface area (Å²) in [6, 6.07) is 15.5. The Kier molecular flexibility index (Phi) is 6.08. The molecule has 0 aliphatic rings. The van der Waals surface area contributed by atoms with Crippen LogP contribution in [0, 0.1) is 0 Å². The average Bonchev–Trinajstić information content (AvgIpc) is 3.15. The Hall–Kier alpha value is -2.48. The first-order valence-electron chi connectivity index (χ1n) is 9.04. The first kappa shape index (κ1) is 19.8. The summed E-state index contributed by atoms with van der Waals surface area (Å²) in [5.41, 5.74) is 3.05. The summed E-state index contributed by atoms with van der Waals surface area (Å²) in [4.78, 5) is 17.8. The van der Waals surface area contributed by atoms with Crippen LogP contribution in [0.15, 0.2) is 64.0 Å². The summed E-state index contributed by atoms with van der Waals surface area (Å²) in [6.07, 6.45) is 2.96. The molecule has 0 fully saturated rings. The molecule has 1 amide bonds. The van der Waals surface area contributed by atoms with Crippen LogP contribution in [0.25, 0.3) is 10.9 Å². The van der Waals surface area contributed by atoms with Crippen molar-refractivity contribution < 1.29 is 4.79 Å². The van der Waals surface area contributed by atoms with Crippen LogP contribution < -0.4 is 5.32 Å². The predicted molar refractivity (Wildman–Crippen MR) is 119 cm³/mol. The molecule has 0 aliphatic heterocycles. The number of nitrogens with one attached hydrogen (secondary N) is 1. The van der Waals surface area contributed by atoms with E-state index < -0.39 is 0 Å². The molecule has 0 saturated heterocycles. The van der Waals surface area contributed by atoms with Gasteiger partial charge in [0.1, 0.15) is 0 Å². The van der Waals surface area contributed by atoms with Crippen molar-refractivity contribution in [3.8, 4) is 0 Å². The van der Waals surface area contributed by atoms with Crippen LogP contribution in [0.5, 0.6) is 0 Å². The number of halogens is 1. The van der Waals surface area contributed by atoms with E-state index >= 15 is 0 Å². The number of nitrogens with zero attached hydrogens (tertiary/aromatic N) is 3. The Bertz CT molecular complexity index is 1180. The zero-order chi connectivity index (χ0) is 20.2. The number of hydrogen-bond donors (Lipinski definition) is 1. The van der Waals surface area contributed by atoms with E-state index in [0.717, 1.165) is 32.1 Å². The zero-order valence-electron chi connectivity index (χ0n) is 15.6. The van der Waals surface area contributed by atoms with Crippen molar-refractivity contribution in [1.29, 1.82) is 0 Å². The molecule has 0 bridgehead atoms. The third-order valence-corrected chi connectivity index (χ3v) is 6.57. The molecule has 5 nitrogen and oxygen atoms in total. The van der Waals surface area contributed by atoms with Crippen LogP contribution >= 0.6 is 34.7 Å². The van der Waals surface area contributed by atoms with Crippen LogP contribution in [-0.4, -0.2) is 21.1 Å². The minimum Gasteiger partial charge on any atom is -0.300 e. The molecule has 2 aromatic carbocycles. The quantitative estimate of drug-likeness (QED) is 0.393. The van der Waals surface area contributed by atoms with Crippen molar-refractivity contribution >= 4 is 56.6 Å². The van der Waals surface area contributed by atoms with Gasteiger partial charge in [-0.05, 0) is 35.7 Å². The normalized spacial score (nSPS) is 11.0. The second kappa shape index (κ2) is 8.90. The lowest BCUT2D eigenvalue weighted by molar-refractivity contribution is -0.115. The predicted octanol–water partition coefficient (Wildman–Crippen LogP) is 5.63. The van der Waals surface area contributed by atoms with Gasteiger partial charge in [-0.3, -0.25) is 9.78 Å². The van der Waals surface area contributed by atoms with Crippen molar-refractivity contribution in [3.63, 3.8) is 0 Å². The molecule has 0 radical (unpaired) electrons. The number of fused-ring (bicyclic) bond motifs is 1. The van der Waals surface area contributed by atoms with E-state index in [2.05, 4.69) is 33.5 Å². The molecule has 8 heteroatoms. The van der Waals surface area contributed by atoms with E-state index in [1.165, 1.54) is 28.7 Å². The Balaban J connectivity index is 1.46. The van der Waals surface area contributed by atoms with E-state index in [1.807, 2.05) is 42.5 Å². The van der Waals surface area contributed by atoms with Gasteiger partial charge in [0, 0.05) is 21.5 Å². The monoisotopic (exact) mass is 440 g/mol. The van der Waals surface area contributed by atoms with Gasteiger partial charge in [0.2, 0.25) is 11.0 Å². The fraction of sp³-hybridized carbons (Fsp3) is 0.143. The number of hydrogen-bond acceptors (Lipinski definition) is 6. The fourth-order valence-electron chi connectivity index (χ4n) is 2.99. The minimum absolute atomic E-state index is 0.0948. The molecule has 146 valence electrons. The van der Waals surface area contributed by atoms with E-state index in [0.29, 0.717) is 16.6 Å². The summed E-state index contributed by atoms with van der Waals surface area (Å²) < 4.78 is 0.747. The van der Waals surface area contributed by atoms with Gasteiger partial charge in [-0.2, -0.15) is 0 Å². The number of aromatic nitrogens is 3. The van der Waals surface area contributed by atoms with Crippen molar-refractivity contribution in [3.05, 3.63) is 70.9 Å². The maximum absolute atomic E-state index is 12.4. The molecule has 0 atom stereocenters. The lowest BCUT2D eigenvalue weighted by Gasteiger charge is -2.06. The second-order valence-electron chi connectivity index (χ2n) is 6.29. The zero-order valence-corrected chi connectivity index (χ0v) is 17.9. The SMILES string of the molecule is CCc1ccccc1CC(=O)Nc1nnc(Sc2ccnc3cc(Cl)ccc23)s1. The molecular weight excluding hydrogens is 424 g/mol. The molecule has 29 heavy (non-hydrogen) atoms. The van der Waals surface area contributed by atoms with Crippen molar-refractivity contribution in [2.45, 2.75) is 29.0 Å². The highest BCUT2D eigenvalue weighted by atomic mass is 35.5. The summed E-state index contributed by atoms with van der Waals surface area (Å²) >= 11 is 8.89. The van der Waals surface area contributed by atoms with Gasteiger partial charge in [0.15, 0.2) is 4.34 Å². The van der Waals surface area contributed by atoms with E-state index in [9.17, 15) is 4.79 Å². The number of anilines is 1. The topological polar surface area (TPSA) is 67.8 Å². The highest BCUT2D eigenvalue weighted by Crippen LogP contribution is 2.36. The van der Waals surface area contributed by atoms with Crippen LogP contribution in [0.4, 0.5) is 5.13 Å². The third-order valence-electron chi connectivity index (χ3n) is 4.37. The van der Waals surface area contributed by atoms with Gasteiger partial charge in [-0.25, -0.2) is 0 Å². The number of aryl methyl sites for hydroxylation is 1. The molecule has 0 aliphatic carbocycles. The highest BCUT2D eigenvalue weighted by molar-refractivity contribution is 8.01. The Morgan fingerprint density at radius 2 is 1.97 bits per heavy atom. The van der Waals surface area contributed by atoms with Crippen molar-refractivity contribution in [1.82, 2.24) is 15.2 Å². The van der Waals surface area contributed by atoms with Crippen molar-refractivity contribution in [2.24, 2.45) is 0 Å². The average molecular weight is 441 g/mol. The lowest BCUT2D eigenvalue weighted by Crippen LogP contribution is -2.15. The van der Waals surface area contributed by atoms with Crippen LogP contribution in [0.2, 0.25) is 5.02 Å². The molecule has 2 aromatic heterocycles. The smallest absolute Gasteiger partial charge is 0.230 e. The molecule has 1 N–H and O–H groups in total. The van der Waals surface area contributed by atoms with Crippen molar-refractivity contribution in [2.75, 3.05) is 5.32 Å². The summed E-state index contributed by atoms with van der Waals surface area (Å²) in [7, 11) is 0. The van der Waals surface area contributed by atoms with Crippen LogP contribution in [0.3, 0.4) is 0 Å². The van der Waals surface area contributed by atoms with E-state index in [1.54, 1.807) is 6.20 Å². The molecule has 4 rings (SSSR count). The molecule has 2 heterocycles. The minimum atomic E-state index is -0.0948. The number of benzene rings is 2. The van der Waals surface area contributed by atoms with E-state index in [4.69, 9.17) is 11.6 Å². The molecule has 0 spiro atoms. The number of carbonyl (C=O) groups is 1. The number of carbonyl (C=O) groups excluding carboxylic acids is 1. The fourth-order valence-corrected chi connectivity index (χ4v) is 5.00.